The third-order valence-corrected chi connectivity index (χ3v) is 3.78. The number of hydrogen-bond donors (Lipinski definition) is 1. The quantitative estimate of drug-likeness (QED) is 0.899. The van der Waals surface area contributed by atoms with E-state index in [0.29, 0.717) is 12.2 Å². The number of nitrogens with zero attached hydrogens (tertiary/aromatic N) is 6. The Balaban J connectivity index is 2.39. The Bertz CT molecular complexity index is 630. The average Bonchev–Trinajstić information content (AvgIpc) is 2.93. The van der Waals surface area contributed by atoms with Crippen LogP contribution in [-0.2, 0) is 4.79 Å². The molecule has 0 aromatic carbocycles. The molecule has 8 nitrogen and oxygen atoms in total. The molecular weight excluding hydrogens is 292 g/mol. The minimum absolute atomic E-state index is 0.0272. The number of hydrogen-bond acceptors (Lipinski definition) is 7. The number of carboxylic acids is 1. The molecule has 0 saturated heterocycles. The van der Waals surface area contributed by atoms with E-state index >= 15 is 0 Å². The lowest BCUT2D eigenvalue weighted by atomic mass is 9.87. The summed E-state index contributed by atoms with van der Waals surface area (Å²) in [5.74, 6) is -0.345. The normalized spacial score (nSPS) is 13.3. The van der Waals surface area contributed by atoms with Crippen molar-refractivity contribution < 1.29 is 9.90 Å². The first-order valence-electron chi connectivity index (χ1n) is 6.57. The molecule has 0 fully saturated rings. The molecule has 0 saturated carbocycles. The van der Waals surface area contributed by atoms with Crippen LogP contribution in [0.5, 0.6) is 0 Å². The molecule has 1 atom stereocenters. The van der Waals surface area contributed by atoms with Gasteiger partial charge in [0.2, 0.25) is 0 Å². The van der Waals surface area contributed by atoms with Gasteiger partial charge in [-0.15, -0.1) is 10.2 Å². The van der Waals surface area contributed by atoms with Gasteiger partial charge in [0.05, 0.1) is 18.2 Å². The van der Waals surface area contributed by atoms with Gasteiger partial charge in [-0.2, -0.15) is 0 Å². The third kappa shape index (κ3) is 3.81. The van der Waals surface area contributed by atoms with E-state index in [1.807, 2.05) is 6.92 Å². The first-order valence-corrected chi connectivity index (χ1v) is 7.34. The lowest BCUT2D eigenvalue weighted by Gasteiger charge is -2.25. The van der Waals surface area contributed by atoms with E-state index in [1.54, 1.807) is 4.68 Å². The highest BCUT2D eigenvalue weighted by atomic mass is 32.1. The Labute approximate surface area is 126 Å². The monoisotopic (exact) mass is 310 g/mol. The van der Waals surface area contributed by atoms with Gasteiger partial charge in [0, 0.05) is 0 Å². The molecule has 9 heteroatoms. The fourth-order valence-electron chi connectivity index (χ4n) is 2.18. The fourth-order valence-corrected chi connectivity index (χ4v) is 2.81. The van der Waals surface area contributed by atoms with Gasteiger partial charge in [-0.05, 0) is 40.7 Å². The molecular formula is C12H18N6O2S. The largest absolute Gasteiger partial charge is 0.481 e. The van der Waals surface area contributed by atoms with Crippen LogP contribution in [0.2, 0.25) is 0 Å². The molecule has 0 aliphatic heterocycles. The van der Waals surface area contributed by atoms with Crippen molar-refractivity contribution in [3.8, 4) is 10.7 Å². The van der Waals surface area contributed by atoms with Crippen molar-refractivity contribution in [1.29, 1.82) is 0 Å². The Hall–Kier alpha value is -1.90. The molecule has 2 aromatic rings. The summed E-state index contributed by atoms with van der Waals surface area (Å²) in [4.78, 5) is 11.9. The lowest BCUT2D eigenvalue weighted by Crippen LogP contribution is -2.22. The van der Waals surface area contributed by atoms with Crippen LogP contribution >= 0.6 is 11.5 Å². The molecule has 0 bridgehead atoms. The number of aliphatic carboxylic acids is 1. The van der Waals surface area contributed by atoms with Crippen LogP contribution in [0, 0.1) is 12.3 Å². The number of carbonyl (C=O) groups is 1. The van der Waals surface area contributed by atoms with Crippen LogP contribution in [0.25, 0.3) is 10.7 Å². The van der Waals surface area contributed by atoms with Gasteiger partial charge in [-0.1, -0.05) is 25.3 Å². The standard InChI is InChI=1S/C12H18N6O2S/c1-7-10(21-17-13-7)11-14-15-16-18(11)8(5-9(19)20)6-12(2,3)4/h8H,5-6H2,1-4H3,(H,19,20). The molecule has 2 aromatic heterocycles. The first kappa shape index (κ1) is 15.5. The van der Waals surface area contributed by atoms with E-state index in [2.05, 4.69) is 45.9 Å². The van der Waals surface area contributed by atoms with Crippen molar-refractivity contribution in [2.24, 2.45) is 5.41 Å². The summed E-state index contributed by atoms with van der Waals surface area (Å²) in [7, 11) is 0. The summed E-state index contributed by atoms with van der Waals surface area (Å²) >= 11 is 1.20. The zero-order valence-corrected chi connectivity index (χ0v) is 13.3. The van der Waals surface area contributed by atoms with Crippen molar-refractivity contribution in [2.75, 3.05) is 0 Å². The summed E-state index contributed by atoms with van der Waals surface area (Å²) < 4.78 is 5.46. The maximum atomic E-state index is 11.2. The Morgan fingerprint density at radius 3 is 2.62 bits per heavy atom. The van der Waals surface area contributed by atoms with Crippen LogP contribution in [0.3, 0.4) is 0 Å². The number of rotatable bonds is 5. The predicted octanol–water partition coefficient (Wildman–Crippen LogP) is 1.95. The number of aryl methyl sites for hydroxylation is 1. The van der Waals surface area contributed by atoms with Gasteiger partial charge in [0.25, 0.3) is 0 Å². The average molecular weight is 310 g/mol. The van der Waals surface area contributed by atoms with Crippen molar-refractivity contribution in [3.63, 3.8) is 0 Å². The minimum atomic E-state index is -0.871. The van der Waals surface area contributed by atoms with E-state index in [4.69, 9.17) is 5.11 Å². The maximum Gasteiger partial charge on any atom is 0.305 e. The molecule has 0 amide bonds. The van der Waals surface area contributed by atoms with Crippen LogP contribution in [0.4, 0.5) is 0 Å². The molecule has 0 radical (unpaired) electrons. The molecule has 21 heavy (non-hydrogen) atoms. The highest BCUT2D eigenvalue weighted by Gasteiger charge is 2.27. The van der Waals surface area contributed by atoms with Crippen molar-refractivity contribution in [1.82, 2.24) is 29.8 Å². The molecule has 114 valence electrons. The summed E-state index contributed by atoms with van der Waals surface area (Å²) in [5, 5.41) is 24.8. The van der Waals surface area contributed by atoms with Gasteiger partial charge in [0.15, 0.2) is 5.82 Å². The topological polar surface area (TPSA) is 107 Å². The molecule has 1 N–H and O–H groups in total. The zero-order valence-electron chi connectivity index (χ0n) is 12.4. The van der Waals surface area contributed by atoms with Gasteiger partial charge in [0.1, 0.15) is 4.88 Å². The zero-order chi connectivity index (χ0) is 15.6. The second-order valence-electron chi connectivity index (χ2n) is 6.15. The van der Waals surface area contributed by atoms with Crippen LogP contribution < -0.4 is 0 Å². The van der Waals surface area contributed by atoms with Gasteiger partial charge in [-0.25, -0.2) is 4.68 Å². The van der Waals surface area contributed by atoms with Crippen LogP contribution in [-0.4, -0.2) is 40.9 Å². The highest BCUT2D eigenvalue weighted by molar-refractivity contribution is 7.09. The van der Waals surface area contributed by atoms with Crippen LogP contribution in [0.1, 0.15) is 45.3 Å². The second-order valence-corrected chi connectivity index (χ2v) is 6.91. The summed E-state index contributed by atoms with van der Waals surface area (Å²) in [5.41, 5.74) is 0.700. The summed E-state index contributed by atoms with van der Waals surface area (Å²) in [6, 6.07) is -0.311. The molecule has 2 rings (SSSR count). The van der Waals surface area contributed by atoms with E-state index in [-0.39, 0.29) is 17.9 Å². The minimum Gasteiger partial charge on any atom is -0.481 e. The third-order valence-electron chi connectivity index (χ3n) is 2.95. The molecule has 0 spiro atoms. The predicted molar refractivity (Wildman–Crippen MR) is 76.8 cm³/mol. The maximum absolute atomic E-state index is 11.2. The Morgan fingerprint density at radius 1 is 1.38 bits per heavy atom. The molecule has 0 aliphatic carbocycles. The van der Waals surface area contributed by atoms with Crippen molar-refractivity contribution in [2.45, 2.75) is 46.6 Å². The summed E-state index contributed by atoms with van der Waals surface area (Å²) in [6.07, 6.45) is 0.628. The van der Waals surface area contributed by atoms with E-state index in [0.717, 1.165) is 10.6 Å². The number of carboxylic acid groups (broad SMARTS) is 1. The van der Waals surface area contributed by atoms with Gasteiger partial charge < -0.3 is 5.11 Å². The van der Waals surface area contributed by atoms with Gasteiger partial charge >= 0.3 is 5.97 Å². The number of tetrazole rings is 1. The smallest absolute Gasteiger partial charge is 0.305 e. The van der Waals surface area contributed by atoms with Gasteiger partial charge in [-0.3, -0.25) is 4.79 Å². The van der Waals surface area contributed by atoms with Crippen molar-refractivity contribution >= 4 is 17.5 Å². The first-order chi connectivity index (χ1) is 9.78. The highest BCUT2D eigenvalue weighted by Crippen LogP contribution is 2.33. The van der Waals surface area contributed by atoms with Crippen LogP contribution in [0.15, 0.2) is 0 Å². The van der Waals surface area contributed by atoms with Crippen molar-refractivity contribution in [3.05, 3.63) is 5.69 Å². The SMILES string of the molecule is Cc1nnsc1-c1nnnn1C(CC(=O)O)CC(C)(C)C. The Kier molecular flexibility index (Phi) is 4.31. The van der Waals surface area contributed by atoms with E-state index < -0.39 is 5.97 Å². The molecule has 2 heterocycles. The molecule has 1 unspecified atom stereocenters. The second kappa shape index (κ2) is 5.84. The van der Waals surface area contributed by atoms with E-state index in [1.165, 1.54) is 11.5 Å². The fraction of sp³-hybridized carbons (Fsp3) is 0.667. The molecule has 0 aliphatic rings. The van der Waals surface area contributed by atoms with E-state index in [9.17, 15) is 4.79 Å². The number of aromatic nitrogens is 6. The lowest BCUT2D eigenvalue weighted by molar-refractivity contribution is -0.138. The Morgan fingerprint density at radius 2 is 2.10 bits per heavy atom. The summed E-state index contributed by atoms with van der Waals surface area (Å²) in [6.45, 7) is 8.01.